The molecule has 5 nitrogen and oxygen atoms in total. The third-order valence-corrected chi connectivity index (χ3v) is 4.10. The molecule has 1 atom stereocenters. The van der Waals surface area contributed by atoms with Crippen LogP contribution >= 0.6 is 11.6 Å². The van der Waals surface area contributed by atoms with Crippen molar-refractivity contribution < 1.29 is 9.59 Å². The third-order valence-electron chi connectivity index (χ3n) is 3.77. The van der Waals surface area contributed by atoms with Crippen LogP contribution in [-0.4, -0.2) is 49.3 Å². The summed E-state index contributed by atoms with van der Waals surface area (Å²) < 4.78 is 0. The van der Waals surface area contributed by atoms with Crippen molar-refractivity contribution in [2.75, 3.05) is 33.0 Å². The zero-order valence-corrected chi connectivity index (χ0v) is 15.3. The number of nitrogens with one attached hydrogen (secondary N) is 1. The fraction of sp³-hybridized carbons (Fsp3) is 0.263. The summed E-state index contributed by atoms with van der Waals surface area (Å²) >= 11 is 6.07. The van der Waals surface area contributed by atoms with Crippen LogP contribution < -0.4 is 5.32 Å². The van der Waals surface area contributed by atoms with Gasteiger partial charge in [0.2, 0.25) is 11.8 Å². The van der Waals surface area contributed by atoms with E-state index in [1.165, 1.54) is 4.90 Å². The molecule has 0 aromatic heterocycles. The van der Waals surface area contributed by atoms with E-state index in [4.69, 9.17) is 11.6 Å². The lowest BCUT2D eigenvalue weighted by atomic mass is 10.0. The van der Waals surface area contributed by atoms with Crippen LogP contribution in [0.4, 0.5) is 5.69 Å². The molecular formula is C19H22ClN3O2. The number of likely N-dealkylation sites (N-methyl/N-ethyl adjacent to an activating group) is 2. The Morgan fingerprint density at radius 1 is 1.00 bits per heavy atom. The largest absolute Gasteiger partial charge is 0.347 e. The first kappa shape index (κ1) is 19.0. The van der Waals surface area contributed by atoms with Gasteiger partial charge in [0.1, 0.15) is 6.04 Å². The Hall–Kier alpha value is -2.37. The number of halogens is 1. The minimum Gasteiger partial charge on any atom is -0.347 e. The first-order chi connectivity index (χ1) is 11.9. The van der Waals surface area contributed by atoms with Gasteiger partial charge >= 0.3 is 0 Å². The molecule has 2 aromatic carbocycles. The monoisotopic (exact) mass is 359 g/mol. The maximum atomic E-state index is 12.6. The van der Waals surface area contributed by atoms with Crippen LogP contribution in [0.25, 0.3) is 0 Å². The fourth-order valence-electron chi connectivity index (χ4n) is 2.54. The number of benzene rings is 2. The normalized spacial score (nSPS) is 11.9. The average molecular weight is 360 g/mol. The van der Waals surface area contributed by atoms with E-state index in [1.54, 1.807) is 50.3 Å². The highest BCUT2D eigenvalue weighted by Gasteiger charge is 2.27. The van der Waals surface area contributed by atoms with Gasteiger partial charge in [-0.15, -0.1) is 0 Å². The predicted molar refractivity (Wildman–Crippen MR) is 101 cm³/mol. The van der Waals surface area contributed by atoms with Crippen molar-refractivity contribution >= 4 is 29.1 Å². The topological polar surface area (TPSA) is 52.7 Å². The van der Waals surface area contributed by atoms with Crippen LogP contribution in [0, 0.1) is 0 Å². The van der Waals surface area contributed by atoms with Crippen LogP contribution in [0.3, 0.4) is 0 Å². The molecule has 0 fully saturated rings. The molecule has 0 spiro atoms. The van der Waals surface area contributed by atoms with Gasteiger partial charge in [-0.05, 0) is 24.7 Å². The van der Waals surface area contributed by atoms with Crippen molar-refractivity contribution in [1.29, 1.82) is 0 Å². The predicted octanol–water partition coefficient (Wildman–Crippen LogP) is 3.04. The molecule has 2 aromatic rings. The number of nitrogens with zero attached hydrogens (tertiary/aromatic N) is 2. The van der Waals surface area contributed by atoms with Gasteiger partial charge < -0.3 is 10.2 Å². The number of hydrogen-bond donors (Lipinski definition) is 1. The van der Waals surface area contributed by atoms with Gasteiger partial charge in [0, 0.05) is 14.1 Å². The summed E-state index contributed by atoms with van der Waals surface area (Å²) in [5, 5.41) is 3.25. The summed E-state index contributed by atoms with van der Waals surface area (Å²) in [6, 6.07) is 15.9. The number of para-hydroxylation sites is 1. The van der Waals surface area contributed by atoms with E-state index in [-0.39, 0.29) is 18.4 Å². The second-order valence-electron chi connectivity index (χ2n) is 5.99. The lowest BCUT2D eigenvalue weighted by Crippen LogP contribution is -2.41. The molecular weight excluding hydrogens is 338 g/mol. The summed E-state index contributed by atoms with van der Waals surface area (Å²) in [6.45, 7) is 0.0599. The van der Waals surface area contributed by atoms with Crippen LogP contribution in [0.2, 0.25) is 5.02 Å². The number of rotatable bonds is 6. The number of carbonyl (C=O) groups is 2. The Morgan fingerprint density at radius 3 is 2.20 bits per heavy atom. The summed E-state index contributed by atoms with van der Waals surface area (Å²) in [6.07, 6.45) is 0. The minimum atomic E-state index is -0.534. The molecule has 0 aliphatic carbocycles. The molecule has 132 valence electrons. The zero-order valence-electron chi connectivity index (χ0n) is 14.6. The van der Waals surface area contributed by atoms with Crippen molar-refractivity contribution in [2.45, 2.75) is 6.04 Å². The van der Waals surface area contributed by atoms with Crippen molar-refractivity contribution in [3.8, 4) is 0 Å². The molecule has 6 heteroatoms. The number of amides is 2. The number of carbonyl (C=O) groups excluding carboxylic acids is 2. The Bertz CT molecular complexity index is 734. The summed E-state index contributed by atoms with van der Waals surface area (Å²) in [7, 11) is 5.16. The van der Waals surface area contributed by atoms with Crippen LogP contribution in [-0.2, 0) is 9.59 Å². The summed E-state index contributed by atoms with van der Waals surface area (Å²) in [5.41, 5.74) is 1.40. The Kier molecular flexibility index (Phi) is 6.56. The van der Waals surface area contributed by atoms with E-state index in [2.05, 4.69) is 5.32 Å². The number of anilines is 1. The molecule has 0 radical (unpaired) electrons. The Balaban J connectivity index is 2.14. The number of hydrogen-bond acceptors (Lipinski definition) is 3. The van der Waals surface area contributed by atoms with E-state index in [0.717, 1.165) is 5.56 Å². The molecule has 0 saturated heterocycles. The molecule has 0 aliphatic rings. The highest BCUT2D eigenvalue weighted by atomic mass is 35.5. The lowest BCUT2D eigenvalue weighted by Gasteiger charge is -2.29. The molecule has 0 aliphatic heterocycles. The second kappa shape index (κ2) is 8.65. The van der Waals surface area contributed by atoms with Crippen LogP contribution in [0.15, 0.2) is 54.6 Å². The molecule has 25 heavy (non-hydrogen) atoms. The Morgan fingerprint density at radius 2 is 1.60 bits per heavy atom. The van der Waals surface area contributed by atoms with E-state index < -0.39 is 6.04 Å². The quantitative estimate of drug-likeness (QED) is 0.862. The van der Waals surface area contributed by atoms with Crippen molar-refractivity contribution in [1.82, 2.24) is 9.80 Å². The maximum Gasteiger partial charge on any atom is 0.244 e. The molecule has 0 saturated carbocycles. The van der Waals surface area contributed by atoms with Gasteiger partial charge in [-0.1, -0.05) is 54.1 Å². The third kappa shape index (κ3) is 5.05. The van der Waals surface area contributed by atoms with E-state index in [9.17, 15) is 9.59 Å². The van der Waals surface area contributed by atoms with Crippen LogP contribution in [0.5, 0.6) is 0 Å². The first-order valence-electron chi connectivity index (χ1n) is 7.91. The SMILES string of the molecule is CN(C)C(=O)[C@H](c1ccccc1)N(C)CC(=O)Nc1ccccc1Cl. The standard InChI is InChI=1S/C19H22ClN3O2/c1-22(2)19(25)18(14-9-5-4-6-10-14)23(3)13-17(24)21-16-12-8-7-11-15(16)20/h4-12,18H,13H2,1-3H3,(H,21,24)/t18-/m0/s1. The minimum absolute atomic E-state index is 0.0599. The molecule has 1 N–H and O–H groups in total. The fourth-order valence-corrected chi connectivity index (χ4v) is 2.72. The molecule has 0 bridgehead atoms. The van der Waals surface area contributed by atoms with E-state index >= 15 is 0 Å². The smallest absolute Gasteiger partial charge is 0.244 e. The van der Waals surface area contributed by atoms with Crippen LogP contribution in [0.1, 0.15) is 11.6 Å². The van der Waals surface area contributed by atoms with Gasteiger partial charge in [0.15, 0.2) is 0 Å². The zero-order chi connectivity index (χ0) is 18.4. The van der Waals surface area contributed by atoms with Crippen molar-refractivity contribution in [3.05, 3.63) is 65.2 Å². The molecule has 2 rings (SSSR count). The summed E-state index contributed by atoms with van der Waals surface area (Å²) in [5.74, 6) is -0.317. The van der Waals surface area contributed by atoms with E-state index in [1.807, 2.05) is 30.3 Å². The second-order valence-corrected chi connectivity index (χ2v) is 6.40. The van der Waals surface area contributed by atoms with Gasteiger partial charge in [0.05, 0.1) is 17.3 Å². The Labute approximate surface area is 153 Å². The summed E-state index contributed by atoms with van der Waals surface area (Å²) in [4.78, 5) is 28.2. The lowest BCUT2D eigenvalue weighted by molar-refractivity contribution is -0.134. The first-order valence-corrected chi connectivity index (χ1v) is 8.28. The van der Waals surface area contributed by atoms with Gasteiger partial charge in [-0.3, -0.25) is 14.5 Å². The van der Waals surface area contributed by atoms with Crippen molar-refractivity contribution in [2.24, 2.45) is 0 Å². The maximum absolute atomic E-state index is 12.6. The molecule has 0 unspecified atom stereocenters. The van der Waals surface area contributed by atoms with Gasteiger partial charge in [0.25, 0.3) is 0 Å². The highest BCUT2D eigenvalue weighted by molar-refractivity contribution is 6.33. The average Bonchev–Trinajstić information content (AvgIpc) is 2.58. The molecule has 2 amide bonds. The van der Waals surface area contributed by atoms with Gasteiger partial charge in [-0.2, -0.15) is 0 Å². The van der Waals surface area contributed by atoms with Crippen molar-refractivity contribution in [3.63, 3.8) is 0 Å². The van der Waals surface area contributed by atoms with Gasteiger partial charge in [-0.25, -0.2) is 0 Å². The molecule has 0 heterocycles. The van der Waals surface area contributed by atoms with E-state index in [0.29, 0.717) is 10.7 Å². The highest BCUT2D eigenvalue weighted by Crippen LogP contribution is 2.23.